The maximum Gasteiger partial charge on any atom is 0.251 e. The molecule has 3 heterocycles. The van der Waals surface area contributed by atoms with Crippen LogP contribution in [0.5, 0.6) is 0 Å². The zero-order valence-corrected chi connectivity index (χ0v) is 14.4. The van der Waals surface area contributed by atoms with Crippen LogP contribution in [0.3, 0.4) is 0 Å². The number of hydrogen-bond donors (Lipinski definition) is 0. The Morgan fingerprint density at radius 3 is 2.17 bits per heavy atom. The van der Waals surface area contributed by atoms with Gasteiger partial charge in [0, 0.05) is 44.7 Å². The quantitative estimate of drug-likeness (QED) is 0.745. The summed E-state index contributed by atoms with van der Waals surface area (Å²) in [7, 11) is 2.13. The average Bonchev–Trinajstić information content (AvgIpc) is 3.11. The van der Waals surface area contributed by atoms with Crippen molar-refractivity contribution in [1.82, 2.24) is 14.7 Å². The number of piperidine rings is 1. The normalized spacial score (nSPS) is 33.0. The summed E-state index contributed by atoms with van der Waals surface area (Å²) in [5.74, 6) is 0.554. The summed E-state index contributed by atoms with van der Waals surface area (Å²) >= 11 is 0. The molecule has 0 spiro atoms. The van der Waals surface area contributed by atoms with Gasteiger partial charge in [0.1, 0.15) is 6.10 Å². The van der Waals surface area contributed by atoms with Crippen molar-refractivity contribution in [3.8, 4) is 0 Å². The Kier molecular flexibility index (Phi) is 5.21. The first kappa shape index (κ1) is 16.7. The molecule has 3 rings (SSSR count). The molecule has 2 amide bonds. The van der Waals surface area contributed by atoms with Gasteiger partial charge in [-0.2, -0.15) is 0 Å². The van der Waals surface area contributed by atoms with Crippen molar-refractivity contribution in [2.24, 2.45) is 5.92 Å². The van der Waals surface area contributed by atoms with Crippen molar-refractivity contribution in [3.05, 3.63) is 0 Å². The second-order valence-corrected chi connectivity index (χ2v) is 7.20. The smallest absolute Gasteiger partial charge is 0.251 e. The molecule has 3 atom stereocenters. The van der Waals surface area contributed by atoms with Crippen LogP contribution in [0.1, 0.15) is 32.6 Å². The Morgan fingerprint density at radius 1 is 0.957 bits per heavy atom. The number of ether oxygens (including phenoxy) is 1. The number of amides is 2. The van der Waals surface area contributed by atoms with E-state index in [4.69, 9.17) is 4.74 Å². The Morgan fingerprint density at radius 2 is 1.61 bits per heavy atom. The molecule has 130 valence electrons. The molecule has 0 aromatic carbocycles. The Hall–Kier alpha value is -1.14. The Balaban J connectivity index is 1.48. The van der Waals surface area contributed by atoms with Crippen LogP contribution in [0.4, 0.5) is 0 Å². The van der Waals surface area contributed by atoms with E-state index < -0.39 is 0 Å². The minimum absolute atomic E-state index is 0.113. The Labute approximate surface area is 138 Å². The molecule has 0 aromatic heterocycles. The van der Waals surface area contributed by atoms with Gasteiger partial charge in [0.15, 0.2) is 0 Å². The number of carbonyl (C=O) groups excluding carboxylic acids is 2. The van der Waals surface area contributed by atoms with Gasteiger partial charge in [-0.05, 0) is 46.2 Å². The fraction of sp³-hybridized carbons (Fsp3) is 0.882. The third kappa shape index (κ3) is 3.69. The van der Waals surface area contributed by atoms with Gasteiger partial charge in [0.2, 0.25) is 5.91 Å². The van der Waals surface area contributed by atoms with Crippen LogP contribution in [0.2, 0.25) is 0 Å². The first-order chi connectivity index (χ1) is 11.1. The van der Waals surface area contributed by atoms with Crippen molar-refractivity contribution >= 4 is 11.8 Å². The molecule has 0 aliphatic carbocycles. The highest BCUT2D eigenvalue weighted by atomic mass is 16.5. The minimum Gasteiger partial charge on any atom is -0.368 e. The van der Waals surface area contributed by atoms with Crippen molar-refractivity contribution < 1.29 is 14.3 Å². The second-order valence-electron chi connectivity index (χ2n) is 7.20. The monoisotopic (exact) mass is 323 g/mol. The predicted octanol–water partition coefficient (Wildman–Crippen LogP) is 0.567. The largest absolute Gasteiger partial charge is 0.368 e. The highest BCUT2D eigenvalue weighted by Gasteiger charge is 2.34. The van der Waals surface area contributed by atoms with E-state index in [-0.39, 0.29) is 23.8 Å². The van der Waals surface area contributed by atoms with Crippen LogP contribution in [0.15, 0.2) is 0 Å². The predicted molar refractivity (Wildman–Crippen MR) is 87.0 cm³/mol. The maximum atomic E-state index is 12.7. The highest BCUT2D eigenvalue weighted by Crippen LogP contribution is 2.24. The molecule has 3 aliphatic rings. The molecule has 0 bridgehead atoms. The average molecular weight is 323 g/mol. The van der Waals surface area contributed by atoms with E-state index in [9.17, 15) is 9.59 Å². The lowest BCUT2D eigenvalue weighted by molar-refractivity contribution is -0.148. The summed E-state index contributed by atoms with van der Waals surface area (Å²) in [4.78, 5) is 31.2. The summed E-state index contributed by atoms with van der Waals surface area (Å²) in [6.07, 6.45) is 3.47. The number of piperazine rings is 1. The molecule has 3 fully saturated rings. The van der Waals surface area contributed by atoms with E-state index in [1.165, 1.54) is 0 Å². The van der Waals surface area contributed by atoms with Crippen molar-refractivity contribution in [1.29, 1.82) is 0 Å². The number of nitrogens with zero attached hydrogens (tertiary/aromatic N) is 3. The second kappa shape index (κ2) is 7.18. The van der Waals surface area contributed by atoms with Crippen LogP contribution < -0.4 is 0 Å². The molecule has 3 saturated heterocycles. The van der Waals surface area contributed by atoms with Crippen LogP contribution in [0.25, 0.3) is 0 Å². The van der Waals surface area contributed by atoms with Gasteiger partial charge in [0.25, 0.3) is 5.91 Å². The maximum absolute atomic E-state index is 12.7. The molecular weight excluding hydrogens is 294 g/mol. The van der Waals surface area contributed by atoms with Gasteiger partial charge in [-0.1, -0.05) is 0 Å². The Bertz CT molecular complexity index is 442. The summed E-state index contributed by atoms with van der Waals surface area (Å²) in [5.41, 5.74) is 0. The third-order valence-corrected chi connectivity index (χ3v) is 5.67. The van der Waals surface area contributed by atoms with Gasteiger partial charge >= 0.3 is 0 Å². The fourth-order valence-corrected chi connectivity index (χ4v) is 3.90. The van der Waals surface area contributed by atoms with Gasteiger partial charge < -0.3 is 19.4 Å². The molecule has 0 N–H and O–H groups in total. The first-order valence-corrected chi connectivity index (χ1v) is 8.95. The third-order valence-electron chi connectivity index (χ3n) is 5.67. The van der Waals surface area contributed by atoms with Crippen LogP contribution in [-0.2, 0) is 14.3 Å². The highest BCUT2D eigenvalue weighted by molar-refractivity contribution is 5.82. The molecule has 0 saturated carbocycles. The van der Waals surface area contributed by atoms with Crippen molar-refractivity contribution in [2.45, 2.75) is 44.8 Å². The fourth-order valence-electron chi connectivity index (χ4n) is 3.90. The lowest BCUT2D eigenvalue weighted by Gasteiger charge is -2.40. The topological polar surface area (TPSA) is 53.1 Å². The molecule has 0 unspecified atom stereocenters. The van der Waals surface area contributed by atoms with Gasteiger partial charge in [0.05, 0.1) is 0 Å². The van der Waals surface area contributed by atoms with E-state index in [1.807, 2.05) is 9.80 Å². The summed E-state index contributed by atoms with van der Waals surface area (Å²) in [5, 5.41) is 0. The zero-order chi connectivity index (χ0) is 16.4. The van der Waals surface area contributed by atoms with E-state index in [0.29, 0.717) is 38.8 Å². The van der Waals surface area contributed by atoms with Crippen LogP contribution in [0, 0.1) is 5.92 Å². The molecule has 6 nitrogen and oxygen atoms in total. The van der Waals surface area contributed by atoms with Gasteiger partial charge in [-0.15, -0.1) is 0 Å². The first-order valence-electron chi connectivity index (χ1n) is 8.95. The molecule has 0 aromatic rings. The summed E-state index contributed by atoms with van der Waals surface area (Å²) < 4.78 is 5.48. The number of carbonyl (C=O) groups is 2. The van der Waals surface area contributed by atoms with E-state index in [2.05, 4.69) is 18.9 Å². The van der Waals surface area contributed by atoms with Gasteiger partial charge in [-0.25, -0.2) is 0 Å². The van der Waals surface area contributed by atoms with Crippen LogP contribution >= 0.6 is 0 Å². The number of rotatable bonds is 2. The molecular formula is C17H29N3O3. The van der Waals surface area contributed by atoms with E-state index in [1.54, 1.807) is 0 Å². The van der Waals surface area contributed by atoms with E-state index in [0.717, 1.165) is 32.2 Å². The lowest BCUT2D eigenvalue weighted by atomic mass is 9.90. The molecule has 0 radical (unpaired) electrons. The van der Waals surface area contributed by atoms with Crippen LogP contribution in [-0.4, -0.2) is 85.0 Å². The van der Waals surface area contributed by atoms with Crippen molar-refractivity contribution in [3.63, 3.8) is 0 Å². The molecule has 3 aliphatic heterocycles. The lowest BCUT2D eigenvalue weighted by Crippen LogP contribution is -2.54. The van der Waals surface area contributed by atoms with Crippen molar-refractivity contribution in [2.75, 3.05) is 46.4 Å². The molecule has 6 heteroatoms. The summed E-state index contributed by atoms with van der Waals surface area (Å²) in [6.45, 7) is 6.51. The number of hydrogen-bond acceptors (Lipinski definition) is 4. The van der Waals surface area contributed by atoms with Gasteiger partial charge in [-0.3, -0.25) is 9.59 Å². The van der Waals surface area contributed by atoms with E-state index >= 15 is 0 Å². The summed E-state index contributed by atoms with van der Waals surface area (Å²) in [6, 6.07) is 0.472. The minimum atomic E-state index is -0.244. The zero-order valence-electron chi connectivity index (χ0n) is 14.4. The SMILES string of the molecule is C[C@H]1C[C@@H](C(=O)N2CCN(C(=O)[C@@H]3CCCO3)CC2)CCN1C. The standard InChI is InChI=1S/C17H29N3O3/c1-13-12-14(5-6-18(13)2)16(21)19-7-9-20(10-8-19)17(22)15-4-3-11-23-15/h13-15H,3-12H2,1-2H3/t13-,14-,15-/m0/s1. The molecule has 23 heavy (non-hydrogen) atoms. The number of likely N-dealkylation sites (tertiary alicyclic amines) is 1.